The summed E-state index contributed by atoms with van der Waals surface area (Å²) in [5.41, 5.74) is 2.06. The van der Waals surface area contributed by atoms with Crippen LogP contribution in [0.4, 0.5) is 0 Å². The lowest BCUT2D eigenvalue weighted by atomic mass is 10.0. The molecule has 0 radical (unpaired) electrons. The van der Waals surface area contributed by atoms with Gasteiger partial charge in [-0.15, -0.1) is 0 Å². The van der Waals surface area contributed by atoms with Crippen LogP contribution < -0.4 is 5.32 Å². The molecule has 28 heavy (non-hydrogen) atoms. The van der Waals surface area contributed by atoms with Gasteiger partial charge in [-0.2, -0.15) is 0 Å². The predicted molar refractivity (Wildman–Crippen MR) is 110 cm³/mol. The largest absolute Gasteiger partial charge is 0.341 e. The third kappa shape index (κ3) is 3.81. The molecule has 0 fully saturated rings. The number of rotatable bonds is 4. The number of aromatic nitrogens is 3. The molecule has 138 valence electrons. The van der Waals surface area contributed by atoms with Crippen LogP contribution in [-0.4, -0.2) is 20.9 Å². The van der Waals surface area contributed by atoms with E-state index in [-0.39, 0.29) is 5.91 Å². The van der Waals surface area contributed by atoms with Crippen LogP contribution in [0.2, 0.25) is 10.0 Å². The highest BCUT2D eigenvalue weighted by Gasteiger charge is 2.19. The monoisotopic (exact) mass is 408 g/mol. The van der Waals surface area contributed by atoms with E-state index < -0.39 is 6.04 Å². The summed E-state index contributed by atoms with van der Waals surface area (Å²) < 4.78 is 0. The quantitative estimate of drug-likeness (QED) is 0.523. The number of benzene rings is 2. The molecule has 1 unspecified atom stereocenters. The fourth-order valence-electron chi connectivity index (χ4n) is 2.95. The third-order valence-corrected chi connectivity index (χ3v) is 5.11. The first-order valence-corrected chi connectivity index (χ1v) is 9.22. The van der Waals surface area contributed by atoms with Crippen molar-refractivity contribution in [3.8, 4) is 0 Å². The molecule has 4 aromatic rings. The van der Waals surface area contributed by atoms with E-state index in [9.17, 15) is 4.79 Å². The first-order chi connectivity index (χ1) is 13.6. The number of halogens is 2. The van der Waals surface area contributed by atoms with Crippen LogP contribution in [0.1, 0.15) is 27.5 Å². The summed E-state index contributed by atoms with van der Waals surface area (Å²) in [7, 11) is 0. The highest BCUT2D eigenvalue weighted by molar-refractivity contribution is 6.42. The minimum absolute atomic E-state index is 0.223. The van der Waals surface area contributed by atoms with Gasteiger partial charge in [-0.1, -0.05) is 35.3 Å². The lowest BCUT2D eigenvalue weighted by molar-refractivity contribution is 0.0943. The molecule has 0 saturated carbocycles. The van der Waals surface area contributed by atoms with Crippen LogP contribution in [0.15, 0.2) is 73.6 Å². The molecule has 7 heteroatoms. The van der Waals surface area contributed by atoms with Gasteiger partial charge in [0.1, 0.15) is 6.33 Å². The van der Waals surface area contributed by atoms with E-state index in [0.717, 1.165) is 21.9 Å². The Morgan fingerprint density at radius 1 is 0.821 bits per heavy atom. The number of carbonyl (C=O) groups excluding carboxylic acids is 1. The van der Waals surface area contributed by atoms with E-state index in [1.54, 1.807) is 43.0 Å². The van der Waals surface area contributed by atoms with Crippen LogP contribution >= 0.6 is 23.2 Å². The van der Waals surface area contributed by atoms with Crippen LogP contribution in [0.5, 0.6) is 0 Å². The van der Waals surface area contributed by atoms with Crippen LogP contribution in [0.3, 0.4) is 0 Å². The van der Waals surface area contributed by atoms with Gasteiger partial charge in [-0.3, -0.25) is 9.78 Å². The normalized spacial score (nSPS) is 11.9. The second-order valence-corrected chi connectivity index (χ2v) is 7.00. The topological polar surface area (TPSA) is 67.8 Å². The summed E-state index contributed by atoms with van der Waals surface area (Å²) in [5.74, 6) is -0.223. The summed E-state index contributed by atoms with van der Waals surface area (Å²) in [4.78, 5) is 25.2. The van der Waals surface area contributed by atoms with Crippen molar-refractivity contribution in [1.82, 2.24) is 20.3 Å². The van der Waals surface area contributed by atoms with E-state index in [4.69, 9.17) is 23.2 Å². The van der Waals surface area contributed by atoms with Crippen LogP contribution in [0.25, 0.3) is 10.8 Å². The molecule has 1 N–H and O–H groups in total. The number of hydrogen-bond donors (Lipinski definition) is 1. The molecule has 0 bridgehead atoms. The standard InChI is InChI=1S/C21H14Cl2N4O/c22-18-4-3-14(8-19(18)23)20(17-10-25-12-26-11-17)27-21(28)15-1-2-16-9-24-6-5-13(16)7-15/h1-12,20H,(H,27,28). The van der Waals surface area contributed by atoms with Crippen molar-refractivity contribution < 1.29 is 4.79 Å². The molecular formula is C21H14Cl2N4O. The maximum absolute atomic E-state index is 13.0. The molecule has 5 nitrogen and oxygen atoms in total. The highest BCUT2D eigenvalue weighted by atomic mass is 35.5. The van der Waals surface area contributed by atoms with Gasteiger partial charge in [-0.05, 0) is 41.3 Å². The lowest BCUT2D eigenvalue weighted by Gasteiger charge is -2.20. The van der Waals surface area contributed by atoms with Gasteiger partial charge in [-0.25, -0.2) is 9.97 Å². The molecule has 0 aliphatic carbocycles. The fraction of sp³-hybridized carbons (Fsp3) is 0.0476. The molecule has 2 aromatic carbocycles. The Kier molecular flexibility index (Phi) is 5.19. The number of pyridine rings is 1. The van der Waals surface area contributed by atoms with Crippen molar-refractivity contribution in [1.29, 1.82) is 0 Å². The van der Waals surface area contributed by atoms with Crippen molar-refractivity contribution in [2.24, 2.45) is 0 Å². The van der Waals surface area contributed by atoms with Crippen LogP contribution in [0, 0.1) is 0 Å². The maximum atomic E-state index is 13.0. The summed E-state index contributed by atoms with van der Waals surface area (Å²) in [5, 5.41) is 5.81. The lowest BCUT2D eigenvalue weighted by Crippen LogP contribution is -2.29. The second kappa shape index (κ2) is 7.92. The smallest absolute Gasteiger partial charge is 0.252 e. The molecule has 0 aliphatic rings. The fourth-order valence-corrected chi connectivity index (χ4v) is 3.26. The van der Waals surface area contributed by atoms with Gasteiger partial charge < -0.3 is 5.32 Å². The summed E-state index contributed by atoms with van der Waals surface area (Å²) in [6.45, 7) is 0. The zero-order valence-electron chi connectivity index (χ0n) is 14.5. The maximum Gasteiger partial charge on any atom is 0.252 e. The summed E-state index contributed by atoms with van der Waals surface area (Å²) in [6, 6.07) is 12.1. The highest BCUT2D eigenvalue weighted by Crippen LogP contribution is 2.29. The SMILES string of the molecule is O=C(NC(c1cncnc1)c1ccc(Cl)c(Cl)c1)c1ccc2cnccc2c1. The second-order valence-electron chi connectivity index (χ2n) is 6.19. The zero-order chi connectivity index (χ0) is 19.5. The Hall–Kier alpha value is -3.02. The molecule has 4 rings (SSSR count). The van der Waals surface area contributed by atoms with Crippen molar-refractivity contribution in [2.45, 2.75) is 6.04 Å². The van der Waals surface area contributed by atoms with E-state index in [2.05, 4.69) is 20.3 Å². The van der Waals surface area contributed by atoms with Crippen molar-refractivity contribution in [2.75, 3.05) is 0 Å². The van der Waals surface area contributed by atoms with E-state index >= 15 is 0 Å². The molecule has 1 amide bonds. The Labute approximate surface area is 171 Å². The van der Waals surface area contributed by atoms with Gasteiger partial charge in [0.05, 0.1) is 16.1 Å². The number of hydrogen-bond acceptors (Lipinski definition) is 4. The van der Waals surface area contributed by atoms with Gasteiger partial charge in [0.25, 0.3) is 5.91 Å². The zero-order valence-corrected chi connectivity index (χ0v) is 16.0. The molecule has 2 aromatic heterocycles. The number of fused-ring (bicyclic) bond motifs is 1. The number of nitrogens with one attached hydrogen (secondary N) is 1. The van der Waals surface area contributed by atoms with Gasteiger partial charge >= 0.3 is 0 Å². The number of nitrogens with zero attached hydrogens (tertiary/aromatic N) is 3. The van der Waals surface area contributed by atoms with Crippen molar-refractivity contribution in [3.63, 3.8) is 0 Å². The molecule has 1 atom stereocenters. The van der Waals surface area contributed by atoms with Gasteiger partial charge in [0, 0.05) is 41.3 Å². The first kappa shape index (κ1) is 18.3. The van der Waals surface area contributed by atoms with Crippen molar-refractivity contribution in [3.05, 3.63) is 100 Å². The summed E-state index contributed by atoms with van der Waals surface area (Å²) >= 11 is 12.2. The van der Waals surface area contributed by atoms with Gasteiger partial charge in [0.15, 0.2) is 0 Å². The van der Waals surface area contributed by atoms with E-state index in [1.165, 1.54) is 6.33 Å². The van der Waals surface area contributed by atoms with Crippen molar-refractivity contribution >= 4 is 39.9 Å². The molecular weight excluding hydrogens is 395 g/mol. The summed E-state index contributed by atoms with van der Waals surface area (Å²) in [6.07, 6.45) is 8.22. The minimum Gasteiger partial charge on any atom is -0.341 e. The first-order valence-electron chi connectivity index (χ1n) is 8.46. The Balaban J connectivity index is 1.70. The molecule has 0 aliphatic heterocycles. The molecule has 0 spiro atoms. The van der Waals surface area contributed by atoms with Gasteiger partial charge in [0.2, 0.25) is 0 Å². The molecule has 2 heterocycles. The minimum atomic E-state index is -0.475. The Morgan fingerprint density at radius 3 is 2.43 bits per heavy atom. The van der Waals surface area contributed by atoms with Crippen LogP contribution in [-0.2, 0) is 0 Å². The number of carbonyl (C=O) groups is 1. The number of amides is 1. The average Bonchev–Trinajstić information content (AvgIpc) is 2.74. The van der Waals surface area contributed by atoms with E-state index in [1.807, 2.05) is 24.3 Å². The Bertz CT molecular complexity index is 1150. The molecule has 0 saturated heterocycles. The third-order valence-electron chi connectivity index (χ3n) is 4.37. The Morgan fingerprint density at radius 2 is 1.64 bits per heavy atom. The average molecular weight is 409 g/mol. The predicted octanol–water partition coefficient (Wildman–Crippen LogP) is 4.85. The van der Waals surface area contributed by atoms with E-state index in [0.29, 0.717) is 15.6 Å².